The molecule has 2 aromatic heterocycles. The van der Waals surface area contributed by atoms with Gasteiger partial charge in [0.05, 0.1) is 16.8 Å². The van der Waals surface area contributed by atoms with Gasteiger partial charge in [-0.1, -0.05) is 26.8 Å². The van der Waals surface area contributed by atoms with Crippen LogP contribution in [0.25, 0.3) is 16.7 Å². The van der Waals surface area contributed by atoms with Gasteiger partial charge in [0.25, 0.3) is 0 Å². The number of thiophene rings is 1. The van der Waals surface area contributed by atoms with E-state index in [0.29, 0.717) is 5.52 Å². The molecule has 4 nitrogen and oxygen atoms in total. The normalized spacial score (nSPS) is 12.0. The number of carboxylic acid groups (broad SMARTS) is 1. The summed E-state index contributed by atoms with van der Waals surface area (Å²) in [4.78, 5) is 16.1. The number of fused-ring (bicyclic) bond motifs is 1. The van der Waals surface area contributed by atoms with E-state index in [1.54, 1.807) is 23.5 Å². The summed E-state index contributed by atoms with van der Waals surface area (Å²) in [7, 11) is 0. The van der Waals surface area contributed by atoms with Crippen molar-refractivity contribution in [2.75, 3.05) is 0 Å². The number of carboxylic acids is 1. The van der Waals surface area contributed by atoms with Crippen LogP contribution in [0.15, 0.2) is 35.0 Å². The van der Waals surface area contributed by atoms with Gasteiger partial charge in [-0.2, -0.15) is 11.3 Å². The molecule has 0 aliphatic heterocycles. The number of aromatic nitrogens is 2. The maximum atomic E-state index is 11.4. The molecule has 0 radical (unpaired) electrons. The standard InChI is InChI=1S/C16H16N2O2S/c1-16(2,3)15-17-13-11(14(19)20)5-4-6-12(13)18(15)10-7-8-21-9-10/h4-9H,1-3H3,(H,19,20). The highest BCUT2D eigenvalue weighted by Gasteiger charge is 2.25. The van der Waals surface area contributed by atoms with E-state index in [2.05, 4.69) is 30.3 Å². The lowest BCUT2D eigenvalue weighted by Gasteiger charge is -2.19. The third-order valence-corrected chi connectivity index (χ3v) is 4.02. The van der Waals surface area contributed by atoms with Crippen molar-refractivity contribution >= 4 is 28.3 Å². The molecule has 0 bridgehead atoms. The molecule has 0 aliphatic rings. The van der Waals surface area contributed by atoms with Crippen LogP contribution in [0.1, 0.15) is 37.0 Å². The summed E-state index contributed by atoms with van der Waals surface area (Å²) >= 11 is 1.61. The average molecular weight is 300 g/mol. The Balaban J connectivity index is 2.43. The second-order valence-electron chi connectivity index (χ2n) is 5.98. The quantitative estimate of drug-likeness (QED) is 0.775. The number of benzene rings is 1. The number of carbonyl (C=O) groups is 1. The first-order valence-corrected chi connectivity index (χ1v) is 7.61. The van der Waals surface area contributed by atoms with Gasteiger partial charge >= 0.3 is 5.97 Å². The Hall–Kier alpha value is -2.14. The minimum Gasteiger partial charge on any atom is -0.478 e. The predicted octanol–water partition coefficient (Wildman–Crippen LogP) is 4.08. The van der Waals surface area contributed by atoms with E-state index >= 15 is 0 Å². The summed E-state index contributed by atoms with van der Waals surface area (Å²) in [5.74, 6) is -0.0828. The van der Waals surface area contributed by atoms with Crippen LogP contribution in [0, 0.1) is 0 Å². The first kappa shape index (κ1) is 13.8. The molecule has 2 heterocycles. The Bertz CT molecular complexity index is 811. The van der Waals surface area contributed by atoms with Gasteiger partial charge in [0.2, 0.25) is 0 Å². The smallest absolute Gasteiger partial charge is 0.337 e. The van der Waals surface area contributed by atoms with E-state index in [4.69, 9.17) is 0 Å². The molecule has 0 unspecified atom stereocenters. The van der Waals surface area contributed by atoms with E-state index in [-0.39, 0.29) is 11.0 Å². The first-order chi connectivity index (χ1) is 9.89. The van der Waals surface area contributed by atoms with Crippen molar-refractivity contribution in [1.82, 2.24) is 9.55 Å². The molecule has 0 spiro atoms. The fourth-order valence-electron chi connectivity index (χ4n) is 2.42. The molecule has 3 rings (SSSR count). The highest BCUT2D eigenvalue weighted by Crippen LogP contribution is 2.31. The summed E-state index contributed by atoms with van der Waals surface area (Å²) in [5.41, 5.74) is 2.46. The van der Waals surface area contributed by atoms with Crippen molar-refractivity contribution in [3.63, 3.8) is 0 Å². The molecule has 0 fully saturated rings. The number of para-hydroxylation sites is 1. The Morgan fingerprint density at radius 1 is 1.29 bits per heavy atom. The lowest BCUT2D eigenvalue weighted by Crippen LogP contribution is -2.17. The fraction of sp³-hybridized carbons (Fsp3) is 0.250. The number of aromatic carboxylic acids is 1. The summed E-state index contributed by atoms with van der Waals surface area (Å²) in [5, 5.41) is 13.4. The third kappa shape index (κ3) is 2.23. The van der Waals surface area contributed by atoms with E-state index in [1.807, 2.05) is 22.9 Å². The molecule has 21 heavy (non-hydrogen) atoms. The zero-order chi connectivity index (χ0) is 15.2. The second-order valence-corrected chi connectivity index (χ2v) is 6.76. The molecule has 0 atom stereocenters. The minimum atomic E-state index is -0.948. The van der Waals surface area contributed by atoms with E-state index < -0.39 is 5.97 Å². The van der Waals surface area contributed by atoms with Crippen molar-refractivity contribution in [1.29, 1.82) is 0 Å². The van der Waals surface area contributed by atoms with Crippen LogP contribution in [0.4, 0.5) is 0 Å². The van der Waals surface area contributed by atoms with Crippen molar-refractivity contribution in [3.05, 3.63) is 46.4 Å². The fourth-order valence-corrected chi connectivity index (χ4v) is 3.04. The molecule has 0 aliphatic carbocycles. The maximum Gasteiger partial charge on any atom is 0.337 e. The van der Waals surface area contributed by atoms with Crippen molar-refractivity contribution in [2.45, 2.75) is 26.2 Å². The minimum absolute atomic E-state index is 0.184. The lowest BCUT2D eigenvalue weighted by atomic mass is 9.95. The van der Waals surface area contributed by atoms with Gasteiger partial charge in [0, 0.05) is 10.8 Å². The highest BCUT2D eigenvalue weighted by atomic mass is 32.1. The van der Waals surface area contributed by atoms with E-state index in [0.717, 1.165) is 17.0 Å². The summed E-state index contributed by atoms with van der Waals surface area (Å²) < 4.78 is 2.05. The Labute approximate surface area is 126 Å². The molecule has 108 valence electrons. The highest BCUT2D eigenvalue weighted by molar-refractivity contribution is 7.08. The molecular formula is C16H16N2O2S. The number of hydrogen-bond acceptors (Lipinski definition) is 3. The van der Waals surface area contributed by atoms with Gasteiger partial charge in [-0.3, -0.25) is 4.57 Å². The van der Waals surface area contributed by atoms with Crippen LogP contribution in [-0.2, 0) is 5.41 Å². The molecule has 1 N–H and O–H groups in total. The van der Waals surface area contributed by atoms with Crippen LogP contribution in [0.2, 0.25) is 0 Å². The van der Waals surface area contributed by atoms with Crippen molar-refractivity contribution < 1.29 is 9.90 Å². The Morgan fingerprint density at radius 3 is 2.62 bits per heavy atom. The number of hydrogen-bond donors (Lipinski definition) is 1. The van der Waals surface area contributed by atoms with Crippen LogP contribution >= 0.6 is 11.3 Å². The molecule has 0 saturated carbocycles. The van der Waals surface area contributed by atoms with Crippen LogP contribution in [-0.4, -0.2) is 20.6 Å². The van der Waals surface area contributed by atoms with E-state index in [9.17, 15) is 9.90 Å². The van der Waals surface area contributed by atoms with Crippen LogP contribution < -0.4 is 0 Å². The lowest BCUT2D eigenvalue weighted by molar-refractivity contribution is 0.0699. The first-order valence-electron chi connectivity index (χ1n) is 6.67. The van der Waals surface area contributed by atoms with Crippen molar-refractivity contribution in [2.24, 2.45) is 0 Å². The number of imidazole rings is 1. The maximum absolute atomic E-state index is 11.4. The van der Waals surface area contributed by atoms with Gasteiger partial charge in [0.1, 0.15) is 11.3 Å². The Morgan fingerprint density at radius 2 is 2.05 bits per heavy atom. The average Bonchev–Trinajstić information content (AvgIpc) is 3.03. The second kappa shape index (κ2) is 4.70. The largest absolute Gasteiger partial charge is 0.478 e. The monoisotopic (exact) mass is 300 g/mol. The van der Waals surface area contributed by atoms with Gasteiger partial charge in [0.15, 0.2) is 0 Å². The SMILES string of the molecule is CC(C)(C)c1nc2c(C(=O)O)cccc2n1-c1ccsc1. The van der Waals surface area contributed by atoms with Crippen LogP contribution in [0.3, 0.4) is 0 Å². The van der Waals surface area contributed by atoms with Gasteiger partial charge < -0.3 is 5.11 Å². The third-order valence-electron chi connectivity index (χ3n) is 3.35. The molecular weight excluding hydrogens is 284 g/mol. The summed E-state index contributed by atoms with van der Waals surface area (Å²) in [6, 6.07) is 7.31. The molecule has 1 aromatic carbocycles. The van der Waals surface area contributed by atoms with E-state index in [1.165, 1.54) is 0 Å². The number of rotatable bonds is 2. The van der Waals surface area contributed by atoms with Gasteiger partial charge in [-0.05, 0) is 23.6 Å². The molecule has 5 heteroatoms. The topological polar surface area (TPSA) is 55.1 Å². The van der Waals surface area contributed by atoms with Crippen LogP contribution in [0.5, 0.6) is 0 Å². The zero-order valence-electron chi connectivity index (χ0n) is 12.1. The summed E-state index contributed by atoms with van der Waals surface area (Å²) in [6.07, 6.45) is 0. The van der Waals surface area contributed by atoms with Gasteiger partial charge in [-0.25, -0.2) is 9.78 Å². The Kier molecular flexibility index (Phi) is 3.10. The van der Waals surface area contributed by atoms with Crippen molar-refractivity contribution in [3.8, 4) is 5.69 Å². The zero-order valence-corrected chi connectivity index (χ0v) is 12.9. The molecule has 0 amide bonds. The molecule has 0 saturated heterocycles. The van der Waals surface area contributed by atoms with Gasteiger partial charge in [-0.15, -0.1) is 0 Å². The summed E-state index contributed by atoms with van der Waals surface area (Å²) in [6.45, 7) is 6.24. The number of nitrogens with zero attached hydrogens (tertiary/aromatic N) is 2. The molecule has 3 aromatic rings. The predicted molar refractivity (Wildman–Crippen MR) is 84.6 cm³/mol.